The number of rotatable bonds is 5. The van der Waals surface area contributed by atoms with E-state index in [1.54, 1.807) is 24.3 Å². The van der Waals surface area contributed by atoms with Crippen LogP contribution in [0.25, 0.3) is 0 Å². The lowest BCUT2D eigenvalue weighted by Gasteiger charge is -2.36. The van der Waals surface area contributed by atoms with Crippen LogP contribution in [0.4, 0.5) is 5.69 Å². The van der Waals surface area contributed by atoms with Crippen LogP contribution in [0.3, 0.4) is 0 Å². The first-order valence-electron chi connectivity index (χ1n) is 8.62. The van der Waals surface area contributed by atoms with E-state index >= 15 is 0 Å². The largest absolute Gasteiger partial charge is 0.495 e. The molecule has 2 aromatic carbocycles. The molecule has 3 rings (SSSR count). The van der Waals surface area contributed by atoms with Crippen molar-refractivity contribution in [1.29, 1.82) is 0 Å². The fourth-order valence-electron chi connectivity index (χ4n) is 3.38. The van der Waals surface area contributed by atoms with E-state index in [4.69, 9.17) is 26.2 Å². The van der Waals surface area contributed by atoms with E-state index in [1.807, 2.05) is 6.07 Å². The highest BCUT2D eigenvalue weighted by Crippen LogP contribution is 2.37. The maximum atomic E-state index is 13.3. The molecule has 2 aromatic rings. The molecule has 3 N–H and O–H groups in total. The predicted octanol–water partition coefficient (Wildman–Crippen LogP) is 2.68. The highest BCUT2D eigenvalue weighted by molar-refractivity contribution is 7.89. The van der Waals surface area contributed by atoms with Crippen LogP contribution >= 0.6 is 11.6 Å². The number of nitrogens with one attached hydrogen (secondary N) is 1. The lowest BCUT2D eigenvalue weighted by Crippen LogP contribution is -2.44. The first kappa shape index (κ1) is 20.6. The van der Waals surface area contributed by atoms with Crippen LogP contribution in [0, 0.1) is 0 Å². The number of primary sulfonamides is 1. The van der Waals surface area contributed by atoms with Crippen LogP contribution in [0.1, 0.15) is 18.4 Å². The molecule has 1 aliphatic heterocycles. The number of hydrogen-bond acceptors (Lipinski definition) is 5. The zero-order valence-corrected chi connectivity index (χ0v) is 16.8. The maximum absolute atomic E-state index is 13.3. The van der Waals surface area contributed by atoms with Gasteiger partial charge in [-0.1, -0.05) is 23.7 Å². The summed E-state index contributed by atoms with van der Waals surface area (Å²) in [6, 6.07) is 11.5. The lowest BCUT2D eigenvalue weighted by molar-refractivity contribution is -0.125. The van der Waals surface area contributed by atoms with E-state index in [0.717, 1.165) is 5.56 Å². The van der Waals surface area contributed by atoms with E-state index in [-0.39, 0.29) is 16.6 Å². The summed E-state index contributed by atoms with van der Waals surface area (Å²) in [6.07, 6.45) is 0.967. The van der Waals surface area contributed by atoms with Gasteiger partial charge < -0.3 is 14.8 Å². The Morgan fingerprint density at radius 1 is 1.21 bits per heavy atom. The van der Waals surface area contributed by atoms with E-state index in [2.05, 4.69) is 5.32 Å². The van der Waals surface area contributed by atoms with Gasteiger partial charge in [0.15, 0.2) is 0 Å². The number of hydrogen-bond donors (Lipinski definition) is 2. The Kier molecular flexibility index (Phi) is 5.95. The van der Waals surface area contributed by atoms with Gasteiger partial charge in [0.2, 0.25) is 15.9 Å². The zero-order chi connectivity index (χ0) is 20.4. The number of amides is 1. The van der Waals surface area contributed by atoms with Gasteiger partial charge in [-0.15, -0.1) is 0 Å². The molecule has 0 atom stereocenters. The van der Waals surface area contributed by atoms with Gasteiger partial charge in [-0.2, -0.15) is 0 Å². The second-order valence-electron chi connectivity index (χ2n) is 6.57. The van der Waals surface area contributed by atoms with Crippen LogP contribution < -0.4 is 15.2 Å². The predicted molar refractivity (Wildman–Crippen MR) is 106 cm³/mol. The Labute approximate surface area is 168 Å². The summed E-state index contributed by atoms with van der Waals surface area (Å²) in [5.41, 5.74) is 0.272. The van der Waals surface area contributed by atoms with Gasteiger partial charge in [0.25, 0.3) is 0 Å². The summed E-state index contributed by atoms with van der Waals surface area (Å²) in [4.78, 5) is 13.1. The molecule has 1 aliphatic rings. The molecule has 9 heteroatoms. The second-order valence-corrected chi connectivity index (χ2v) is 8.54. The number of methoxy groups -OCH3 is 1. The fraction of sp³-hybridized carbons (Fsp3) is 0.316. The van der Waals surface area contributed by atoms with Crippen molar-refractivity contribution < 1.29 is 22.7 Å². The van der Waals surface area contributed by atoms with Crippen molar-refractivity contribution in [3.8, 4) is 5.75 Å². The molecule has 0 unspecified atom stereocenters. The highest BCUT2D eigenvalue weighted by atomic mass is 35.5. The minimum Gasteiger partial charge on any atom is -0.495 e. The van der Waals surface area contributed by atoms with Crippen molar-refractivity contribution in [3.63, 3.8) is 0 Å². The summed E-state index contributed by atoms with van der Waals surface area (Å²) in [7, 11) is -2.67. The van der Waals surface area contributed by atoms with Gasteiger partial charge in [-0.05, 0) is 48.7 Å². The summed E-state index contributed by atoms with van der Waals surface area (Å²) in [5, 5.41) is 8.62. The van der Waals surface area contributed by atoms with Crippen LogP contribution in [0.15, 0.2) is 47.4 Å². The van der Waals surface area contributed by atoms with Crippen LogP contribution in [0.5, 0.6) is 5.75 Å². The summed E-state index contributed by atoms with van der Waals surface area (Å²) in [6.45, 7) is 0.871. The molecule has 0 aromatic heterocycles. The normalized spacial score (nSPS) is 16.4. The van der Waals surface area contributed by atoms with Crippen molar-refractivity contribution in [2.24, 2.45) is 5.14 Å². The zero-order valence-electron chi connectivity index (χ0n) is 15.3. The van der Waals surface area contributed by atoms with Gasteiger partial charge in [0.1, 0.15) is 10.6 Å². The van der Waals surface area contributed by atoms with E-state index < -0.39 is 15.4 Å². The molecule has 0 bridgehead atoms. The fourth-order valence-corrected chi connectivity index (χ4v) is 4.29. The summed E-state index contributed by atoms with van der Waals surface area (Å²) >= 11 is 6.14. The molecule has 0 radical (unpaired) electrons. The molecule has 28 heavy (non-hydrogen) atoms. The van der Waals surface area contributed by atoms with Crippen molar-refractivity contribution in [2.75, 3.05) is 25.6 Å². The van der Waals surface area contributed by atoms with Gasteiger partial charge >= 0.3 is 0 Å². The number of halogens is 1. The van der Waals surface area contributed by atoms with Crippen molar-refractivity contribution in [1.82, 2.24) is 0 Å². The van der Waals surface area contributed by atoms with Crippen LogP contribution in [0.2, 0.25) is 5.02 Å². The van der Waals surface area contributed by atoms with E-state index in [1.165, 1.54) is 19.2 Å². The highest BCUT2D eigenvalue weighted by Gasteiger charge is 2.42. The number of benzene rings is 2. The number of nitrogens with two attached hydrogens (primary N) is 1. The standard InChI is InChI=1S/C19H21ClN2O5S/c1-26-16-6-5-15(12-17(16)28(21,24)25)22-18(23)19(7-9-27-10-8-19)13-3-2-4-14(20)11-13/h2-6,11-12H,7-10H2,1H3,(H,22,23)(H2,21,24,25). The van der Waals surface area contributed by atoms with E-state index in [9.17, 15) is 13.2 Å². The molecule has 0 aliphatic carbocycles. The average molecular weight is 425 g/mol. The smallest absolute Gasteiger partial charge is 0.241 e. The first-order valence-corrected chi connectivity index (χ1v) is 10.5. The summed E-state index contributed by atoms with van der Waals surface area (Å²) < 4.78 is 34.1. The van der Waals surface area contributed by atoms with Crippen LogP contribution in [-0.2, 0) is 25.0 Å². The topological polar surface area (TPSA) is 108 Å². The molecule has 1 amide bonds. The minimum atomic E-state index is -4.02. The van der Waals surface area contributed by atoms with Gasteiger partial charge in [0.05, 0.1) is 12.5 Å². The van der Waals surface area contributed by atoms with Crippen molar-refractivity contribution >= 4 is 33.2 Å². The molecular weight excluding hydrogens is 404 g/mol. The molecular formula is C19H21ClN2O5S. The maximum Gasteiger partial charge on any atom is 0.241 e. The minimum absolute atomic E-state index is 0.108. The Morgan fingerprint density at radius 3 is 2.54 bits per heavy atom. The Morgan fingerprint density at radius 2 is 1.93 bits per heavy atom. The van der Waals surface area contributed by atoms with E-state index in [0.29, 0.717) is 36.8 Å². The lowest BCUT2D eigenvalue weighted by atomic mass is 9.73. The molecule has 7 nitrogen and oxygen atoms in total. The number of sulfonamides is 1. The Balaban J connectivity index is 1.97. The van der Waals surface area contributed by atoms with Crippen LogP contribution in [-0.4, -0.2) is 34.6 Å². The third-order valence-electron chi connectivity index (χ3n) is 4.89. The average Bonchev–Trinajstić information content (AvgIpc) is 2.67. The third-order valence-corrected chi connectivity index (χ3v) is 6.05. The Hall–Kier alpha value is -2.13. The molecule has 1 saturated heterocycles. The van der Waals surface area contributed by atoms with Gasteiger partial charge in [-0.25, -0.2) is 13.6 Å². The first-order chi connectivity index (χ1) is 13.3. The van der Waals surface area contributed by atoms with Crippen molar-refractivity contribution in [3.05, 3.63) is 53.1 Å². The quantitative estimate of drug-likeness (QED) is 0.767. The molecule has 0 spiro atoms. The monoisotopic (exact) mass is 424 g/mol. The number of carbonyl (C=O) groups is 1. The second kappa shape index (κ2) is 8.08. The third kappa shape index (κ3) is 4.15. The molecule has 1 fully saturated rings. The molecule has 1 heterocycles. The number of carbonyl (C=O) groups excluding carboxylic acids is 1. The van der Waals surface area contributed by atoms with Gasteiger partial charge in [0, 0.05) is 23.9 Å². The SMILES string of the molecule is COc1ccc(NC(=O)C2(c3cccc(Cl)c3)CCOCC2)cc1S(N)(=O)=O. The number of anilines is 1. The van der Waals surface area contributed by atoms with Crippen molar-refractivity contribution in [2.45, 2.75) is 23.2 Å². The molecule has 0 saturated carbocycles. The Bertz CT molecular complexity index is 988. The summed E-state index contributed by atoms with van der Waals surface area (Å²) in [5.74, 6) is -0.153. The molecule has 150 valence electrons. The van der Waals surface area contributed by atoms with Gasteiger partial charge in [-0.3, -0.25) is 4.79 Å². The number of ether oxygens (including phenoxy) is 2.